The van der Waals surface area contributed by atoms with Crippen molar-refractivity contribution in [2.24, 2.45) is 5.41 Å². The van der Waals surface area contributed by atoms with Crippen LogP contribution in [-0.4, -0.2) is 24.1 Å². The van der Waals surface area contributed by atoms with Gasteiger partial charge in [-0.25, -0.2) is 0 Å². The summed E-state index contributed by atoms with van der Waals surface area (Å²) in [4.78, 5) is 37.9. The average Bonchev–Trinajstić information content (AvgIpc) is 2.66. The van der Waals surface area contributed by atoms with E-state index in [1.165, 1.54) is 6.92 Å². The molecule has 4 heteroatoms. The Balaban J connectivity index is 2.30. The molecule has 0 saturated carbocycles. The van der Waals surface area contributed by atoms with Crippen molar-refractivity contribution in [3.8, 4) is 0 Å². The minimum atomic E-state index is -1.46. The van der Waals surface area contributed by atoms with Crippen molar-refractivity contribution < 1.29 is 19.1 Å². The molecule has 1 unspecified atom stereocenters. The zero-order valence-corrected chi connectivity index (χ0v) is 15.2. The van der Waals surface area contributed by atoms with Crippen molar-refractivity contribution >= 4 is 17.5 Å². The van der Waals surface area contributed by atoms with Gasteiger partial charge >= 0.3 is 5.97 Å². The summed E-state index contributed by atoms with van der Waals surface area (Å²) in [6, 6.07) is 18.3. The van der Waals surface area contributed by atoms with Gasteiger partial charge in [-0.2, -0.15) is 0 Å². The molecule has 0 aliphatic heterocycles. The lowest BCUT2D eigenvalue weighted by Gasteiger charge is -2.28. The summed E-state index contributed by atoms with van der Waals surface area (Å²) < 4.78 is 5.18. The van der Waals surface area contributed by atoms with E-state index in [4.69, 9.17) is 4.74 Å². The minimum absolute atomic E-state index is 0.165. The van der Waals surface area contributed by atoms with Crippen LogP contribution in [0.2, 0.25) is 0 Å². The van der Waals surface area contributed by atoms with Gasteiger partial charge in [-0.15, -0.1) is 0 Å². The fraction of sp³-hybridized carbons (Fsp3) is 0.318. The first-order valence-electron chi connectivity index (χ1n) is 8.80. The number of hydrogen-bond donors (Lipinski definition) is 0. The maximum Gasteiger partial charge on any atom is 0.320 e. The molecule has 0 saturated heterocycles. The number of esters is 1. The van der Waals surface area contributed by atoms with Crippen LogP contribution < -0.4 is 0 Å². The number of Topliss-reactive ketones (excluding diaryl/α,β-unsaturated/α-hetero) is 2. The molecular formula is C22H24O4. The molecule has 0 heterocycles. The second-order valence-electron chi connectivity index (χ2n) is 6.31. The summed E-state index contributed by atoms with van der Waals surface area (Å²) in [6.07, 6.45) is 0.572. The molecular weight excluding hydrogens is 328 g/mol. The number of rotatable bonds is 9. The fourth-order valence-electron chi connectivity index (χ4n) is 2.98. The van der Waals surface area contributed by atoms with Gasteiger partial charge in [-0.05, 0) is 32.3 Å². The SMILES string of the molecule is CCOC(=O)C(CCc1ccccc1)(CC(=O)c1ccccc1)C(C)=O. The molecule has 0 amide bonds. The van der Waals surface area contributed by atoms with E-state index < -0.39 is 11.4 Å². The van der Waals surface area contributed by atoms with Crippen LogP contribution in [0, 0.1) is 5.41 Å². The first kappa shape index (κ1) is 19.6. The first-order valence-corrected chi connectivity index (χ1v) is 8.80. The van der Waals surface area contributed by atoms with E-state index >= 15 is 0 Å². The fourth-order valence-corrected chi connectivity index (χ4v) is 2.98. The van der Waals surface area contributed by atoms with Gasteiger partial charge in [0.15, 0.2) is 5.78 Å². The van der Waals surface area contributed by atoms with Gasteiger partial charge in [-0.1, -0.05) is 60.7 Å². The molecule has 0 aromatic heterocycles. The third-order valence-electron chi connectivity index (χ3n) is 4.58. The molecule has 2 aromatic carbocycles. The van der Waals surface area contributed by atoms with Crippen LogP contribution in [0.4, 0.5) is 0 Å². The third kappa shape index (κ3) is 4.66. The maximum absolute atomic E-state index is 12.7. The zero-order valence-electron chi connectivity index (χ0n) is 15.2. The van der Waals surface area contributed by atoms with E-state index in [0.717, 1.165) is 5.56 Å². The van der Waals surface area contributed by atoms with E-state index in [0.29, 0.717) is 12.0 Å². The molecule has 0 aliphatic rings. The Morgan fingerprint density at radius 1 is 0.923 bits per heavy atom. The molecule has 0 radical (unpaired) electrons. The summed E-state index contributed by atoms with van der Waals surface area (Å²) in [5.74, 6) is -1.19. The van der Waals surface area contributed by atoms with E-state index in [-0.39, 0.29) is 31.0 Å². The van der Waals surface area contributed by atoms with Crippen molar-refractivity contribution in [1.29, 1.82) is 0 Å². The molecule has 0 aliphatic carbocycles. The van der Waals surface area contributed by atoms with Crippen molar-refractivity contribution in [3.05, 3.63) is 71.8 Å². The molecule has 0 bridgehead atoms. The van der Waals surface area contributed by atoms with Gasteiger partial charge in [0, 0.05) is 12.0 Å². The third-order valence-corrected chi connectivity index (χ3v) is 4.58. The van der Waals surface area contributed by atoms with E-state index in [2.05, 4.69) is 0 Å². The van der Waals surface area contributed by atoms with Crippen LogP contribution in [0.1, 0.15) is 42.6 Å². The normalized spacial score (nSPS) is 12.8. The summed E-state index contributed by atoms with van der Waals surface area (Å²) in [5.41, 5.74) is 0.0374. The predicted octanol–water partition coefficient (Wildman–Crippen LogP) is 4.03. The molecule has 0 N–H and O–H groups in total. The van der Waals surface area contributed by atoms with Crippen molar-refractivity contribution in [3.63, 3.8) is 0 Å². The quantitative estimate of drug-likeness (QED) is 0.388. The zero-order chi connectivity index (χ0) is 19.0. The van der Waals surface area contributed by atoms with Gasteiger partial charge in [0.25, 0.3) is 0 Å². The summed E-state index contributed by atoms with van der Waals surface area (Å²) in [7, 11) is 0. The van der Waals surface area contributed by atoms with Crippen LogP contribution in [0.3, 0.4) is 0 Å². The smallest absolute Gasteiger partial charge is 0.320 e. The largest absolute Gasteiger partial charge is 0.465 e. The van der Waals surface area contributed by atoms with Crippen LogP contribution in [-0.2, 0) is 20.7 Å². The highest BCUT2D eigenvalue weighted by molar-refractivity contribution is 6.09. The number of carbonyl (C=O) groups is 3. The Kier molecular flexibility index (Phi) is 6.84. The Labute approximate surface area is 154 Å². The number of ether oxygens (including phenoxy) is 1. The van der Waals surface area contributed by atoms with Gasteiger partial charge in [-0.3, -0.25) is 14.4 Å². The molecule has 136 valence electrons. The number of benzene rings is 2. The highest BCUT2D eigenvalue weighted by atomic mass is 16.5. The lowest BCUT2D eigenvalue weighted by atomic mass is 9.74. The maximum atomic E-state index is 12.7. The number of aryl methyl sites for hydroxylation is 1. The highest BCUT2D eigenvalue weighted by Gasteiger charge is 2.46. The second kappa shape index (κ2) is 9.09. The van der Waals surface area contributed by atoms with E-state index in [9.17, 15) is 14.4 Å². The number of hydrogen-bond acceptors (Lipinski definition) is 4. The highest BCUT2D eigenvalue weighted by Crippen LogP contribution is 2.33. The van der Waals surface area contributed by atoms with Crippen LogP contribution in [0.25, 0.3) is 0 Å². The van der Waals surface area contributed by atoms with Crippen molar-refractivity contribution in [2.75, 3.05) is 6.61 Å². The minimum Gasteiger partial charge on any atom is -0.465 e. The summed E-state index contributed by atoms with van der Waals surface area (Å²) in [6.45, 7) is 3.22. The van der Waals surface area contributed by atoms with Gasteiger partial charge < -0.3 is 4.74 Å². The molecule has 2 rings (SSSR count). The van der Waals surface area contributed by atoms with Crippen LogP contribution in [0.5, 0.6) is 0 Å². The monoisotopic (exact) mass is 352 g/mol. The molecule has 0 fully saturated rings. The van der Waals surface area contributed by atoms with Crippen LogP contribution >= 0.6 is 0 Å². The lowest BCUT2D eigenvalue weighted by molar-refractivity contribution is -0.160. The van der Waals surface area contributed by atoms with Crippen molar-refractivity contribution in [1.82, 2.24) is 0 Å². The molecule has 2 aromatic rings. The Bertz CT molecular complexity index is 752. The topological polar surface area (TPSA) is 60.4 Å². The lowest BCUT2D eigenvalue weighted by Crippen LogP contribution is -2.42. The van der Waals surface area contributed by atoms with Crippen LogP contribution in [0.15, 0.2) is 60.7 Å². The van der Waals surface area contributed by atoms with E-state index in [1.807, 2.05) is 36.4 Å². The van der Waals surface area contributed by atoms with E-state index in [1.54, 1.807) is 31.2 Å². The van der Waals surface area contributed by atoms with Gasteiger partial charge in [0.1, 0.15) is 11.2 Å². The average molecular weight is 352 g/mol. The molecule has 26 heavy (non-hydrogen) atoms. The standard InChI is InChI=1S/C22H24O4/c1-3-26-21(25)22(17(2)23,15-14-18-10-6-4-7-11-18)16-20(24)19-12-8-5-9-13-19/h4-13H,3,14-16H2,1-2H3. The number of carbonyl (C=O) groups excluding carboxylic acids is 3. The predicted molar refractivity (Wildman–Crippen MR) is 99.9 cm³/mol. The first-order chi connectivity index (χ1) is 12.5. The van der Waals surface area contributed by atoms with Crippen molar-refractivity contribution in [2.45, 2.75) is 33.1 Å². The molecule has 1 atom stereocenters. The summed E-state index contributed by atoms with van der Waals surface area (Å²) >= 11 is 0. The van der Waals surface area contributed by atoms with Gasteiger partial charge in [0.2, 0.25) is 0 Å². The summed E-state index contributed by atoms with van der Waals surface area (Å²) in [5, 5.41) is 0. The molecule has 4 nitrogen and oxygen atoms in total. The number of ketones is 2. The Hall–Kier alpha value is -2.75. The second-order valence-corrected chi connectivity index (χ2v) is 6.31. The Morgan fingerprint density at radius 2 is 1.50 bits per heavy atom. The Morgan fingerprint density at radius 3 is 2.04 bits per heavy atom. The molecule has 0 spiro atoms. The van der Waals surface area contributed by atoms with Gasteiger partial charge in [0.05, 0.1) is 6.61 Å².